The lowest BCUT2D eigenvalue weighted by Crippen LogP contribution is -2.43. The van der Waals surface area contributed by atoms with Crippen molar-refractivity contribution in [2.75, 3.05) is 33.7 Å². The monoisotopic (exact) mass is 510 g/mol. The van der Waals surface area contributed by atoms with Crippen molar-refractivity contribution in [1.29, 1.82) is 0 Å². The number of rotatable bonds is 7. The summed E-state index contributed by atoms with van der Waals surface area (Å²) in [6.07, 6.45) is 1.97. The van der Waals surface area contributed by atoms with Crippen LogP contribution in [0, 0.1) is 11.7 Å². The van der Waals surface area contributed by atoms with E-state index in [1.54, 1.807) is 20.2 Å². The smallest absolute Gasteiger partial charge is 0.243 e. The molecular weight excluding hydrogens is 482 g/mol. The van der Waals surface area contributed by atoms with Gasteiger partial charge in [-0.05, 0) is 36.5 Å². The number of guanidine groups is 1. The van der Waals surface area contributed by atoms with Crippen molar-refractivity contribution in [3.8, 4) is 0 Å². The highest BCUT2D eigenvalue weighted by molar-refractivity contribution is 14.0. The number of aliphatic imine (C=N–C) groups is 1. The van der Waals surface area contributed by atoms with Crippen LogP contribution in [-0.2, 0) is 10.2 Å². The maximum absolute atomic E-state index is 13.3. The molecule has 1 aromatic carbocycles. The topological polar surface area (TPSA) is 56.7 Å². The Morgan fingerprint density at radius 2 is 2.00 bits per heavy atom. The van der Waals surface area contributed by atoms with E-state index in [1.807, 2.05) is 0 Å². The summed E-state index contributed by atoms with van der Waals surface area (Å²) in [6, 6.07) is 4.57. The second kappa shape index (κ2) is 10.5. The summed E-state index contributed by atoms with van der Waals surface area (Å²) in [5, 5.41) is 7.05. The van der Waals surface area contributed by atoms with E-state index in [1.165, 1.54) is 17.0 Å². The van der Waals surface area contributed by atoms with Gasteiger partial charge in [0.1, 0.15) is 12.4 Å². The van der Waals surface area contributed by atoms with Crippen LogP contribution in [0.15, 0.2) is 23.2 Å². The molecule has 2 rings (SSSR count). The van der Waals surface area contributed by atoms with Crippen LogP contribution in [0.5, 0.6) is 0 Å². The van der Waals surface area contributed by atoms with Crippen LogP contribution >= 0.6 is 35.6 Å². The third-order valence-corrected chi connectivity index (χ3v) is 4.81. The summed E-state index contributed by atoms with van der Waals surface area (Å²) in [6.45, 7) is 5.70. The molecule has 1 aliphatic carbocycles. The van der Waals surface area contributed by atoms with Crippen molar-refractivity contribution >= 4 is 47.4 Å². The van der Waals surface area contributed by atoms with E-state index in [-0.39, 0.29) is 47.7 Å². The summed E-state index contributed by atoms with van der Waals surface area (Å²) in [4.78, 5) is 17.7. The number of likely N-dealkylation sites (N-methyl/N-ethyl adjacent to an activating group) is 1. The standard InChI is InChI=1S/C19H28ClFN4O.HI/c1-13(2)10-22-18(23-11-17(26)25(3)4)24-12-19(7-8-19)15-6-5-14(21)9-16(15)20;/h5-6,9,13H,7-8,10-12H2,1-4H3,(H2,22,23,24);1H. The molecule has 5 nitrogen and oxygen atoms in total. The molecule has 27 heavy (non-hydrogen) atoms. The molecule has 1 aromatic rings. The third kappa shape index (κ3) is 7.10. The SMILES string of the molecule is CC(C)CNC(=NCC(=O)N(C)C)NCC1(c2ccc(F)cc2Cl)CC1.I. The van der Waals surface area contributed by atoms with E-state index < -0.39 is 0 Å². The molecule has 2 N–H and O–H groups in total. The van der Waals surface area contributed by atoms with Crippen molar-refractivity contribution in [2.24, 2.45) is 10.9 Å². The minimum absolute atomic E-state index is 0. The van der Waals surface area contributed by atoms with Crippen LogP contribution in [0.2, 0.25) is 5.02 Å². The zero-order valence-electron chi connectivity index (χ0n) is 16.3. The molecule has 0 atom stereocenters. The Bertz CT molecular complexity index is 678. The van der Waals surface area contributed by atoms with Gasteiger partial charge >= 0.3 is 0 Å². The Morgan fingerprint density at radius 1 is 1.33 bits per heavy atom. The number of nitrogens with one attached hydrogen (secondary N) is 2. The van der Waals surface area contributed by atoms with Gasteiger partial charge in [-0.2, -0.15) is 0 Å². The first-order valence-corrected chi connectivity index (χ1v) is 9.29. The first-order chi connectivity index (χ1) is 12.2. The number of amides is 1. The van der Waals surface area contributed by atoms with Gasteiger partial charge in [-0.25, -0.2) is 9.38 Å². The predicted molar refractivity (Wildman–Crippen MR) is 120 cm³/mol. The second-order valence-electron chi connectivity index (χ2n) is 7.49. The Labute approximate surface area is 183 Å². The van der Waals surface area contributed by atoms with Gasteiger partial charge in [-0.3, -0.25) is 4.79 Å². The first kappa shape index (κ1) is 23.9. The van der Waals surface area contributed by atoms with Gasteiger partial charge in [-0.15, -0.1) is 24.0 Å². The molecule has 0 radical (unpaired) electrons. The normalized spacial score (nSPS) is 15.1. The fourth-order valence-electron chi connectivity index (χ4n) is 2.63. The van der Waals surface area contributed by atoms with E-state index in [0.717, 1.165) is 24.9 Å². The van der Waals surface area contributed by atoms with E-state index in [9.17, 15) is 9.18 Å². The predicted octanol–water partition coefficient (Wildman–Crippen LogP) is 3.41. The minimum Gasteiger partial charge on any atom is -0.356 e. The quantitative estimate of drug-likeness (QED) is 0.336. The van der Waals surface area contributed by atoms with E-state index in [4.69, 9.17) is 11.6 Å². The molecule has 0 spiro atoms. The number of carbonyl (C=O) groups is 1. The van der Waals surface area contributed by atoms with Gasteiger partial charge in [0, 0.05) is 37.6 Å². The summed E-state index contributed by atoms with van der Waals surface area (Å²) in [5.41, 5.74) is 0.858. The molecule has 1 aliphatic rings. The van der Waals surface area contributed by atoms with Crippen molar-refractivity contribution in [1.82, 2.24) is 15.5 Å². The van der Waals surface area contributed by atoms with E-state index >= 15 is 0 Å². The van der Waals surface area contributed by atoms with Crippen LogP contribution in [-0.4, -0.2) is 50.5 Å². The number of carbonyl (C=O) groups excluding carboxylic acids is 1. The summed E-state index contributed by atoms with van der Waals surface area (Å²) >= 11 is 6.25. The van der Waals surface area contributed by atoms with Gasteiger partial charge in [-0.1, -0.05) is 31.5 Å². The maximum Gasteiger partial charge on any atom is 0.243 e. The average molecular weight is 511 g/mol. The highest BCUT2D eigenvalue weighted by Crippen LogP contribution is 2.50. The highest BCUT2D eigenvalue weighted by atomic mass is 127. The molecular formula is C19H29ClFIN4O. The molecule has 1 fully saturated rings. The molecule has 152 valence electrons. The lowest BCUT2D eigenvalue weighted by Gasteiger charge is -2.21. The van der Waals surface area contributed by atoms with Crippen molar-refractivity contribution in [3.05, 3.63) is 34.6 Å². The minimum atomic E-state index is -0.328. The number of hydrogen-bond acceptors (Lipinski definition) is 2. The molecule has 0 aliphatic heterocycles. The maximum atomic E-state index is 13.3. The molecule has 1 saturated carbocycles. The summed E-state index contributed by atoms with van der Waals surface area (Å²) < 4.78 is 13.3. The van der Waals surface area contributed by atoms with Gasteiger partial charge in [0.2, 0.25) is 5.91 Å². The summed E-state index contributed by atoms with van der Waals surface area (Å²) in [7, 11) is 3.42. The Balaban J connectivity index is 0.00000364. The molecule has 0 bridgehead atoms. The second-order valence-corrected chi connectivity index (χ2v) is 7.89. The Hall–Kier alpha value is -1.09. The largest absolute Gasteiger partial charge is 0.356 e. The highest BCUT2D eigenvalue weighted by Gasteiger charge is 2.45. The number of halogens is 3. The zero-order chi connectivity index (χ0) is 19.3. The molecule has 0 unspecified atom stereocenters. The lowest BCUT2D eigenvalue weighted by molar-refractivity contribution is -0.127. The fourth-order valence-corrected chi connectivity index (χ4v) is 3.00. The van der Waals surface area contributed by atoms with Crippen LogP contribution in [0.1, 0.15) is 32.3 Å². The fraction of sp³-hybridized carbons (Fsp3) is 0.579. The van der Waals surface area contributed by atoms with Crippen molar-refractivity contribution in [2.45, 2.75) is 32.1 Å². The Morgan fingerprint density at radius 3 is 2.52 bits per heavy atom. The average Bonchev–Trinajstić information content (AvgIpc) is 3.34. The van der Waals surface area contributed by atoms with Gasteiger partial charge < -0.3 is 15.5 Å². The molecule has 1 amide bonds. The van der Waals surface area contributed by atoms with Gasteiger partial charge in [0.05, 0.1) is 0 Å². The zero-order valence-corrected chi connectivity index (χ0v) is 19.4. The first-order valence-electron chi connectivity index (χ1n) is 8.91. The molecule has 0 aromatic heterocycles. The number of hydrogen-bond donors (Lipinski definition) is 2. The van der Waals surface area contributed by atoms with Gasteiger partial charge in [0.25, 0.3) is 0 Å². The van der Waals surface area contributed by atoms with Gasteiger partial charge in [0.15, 0.2) is 5.96 Å². The van der Waals surface area contributed by atoms with E-state index in [2.05, 4.69) is 29.5 Å². The Kier molecular flexibility index (Phi) is 9.27. The molecule has 0 heterocycles. The van der Waals surface area contributed by atoms with Crippen LogP contribution in [0.3, 0.4) is 0 Å². The molecule has 8 heteroatoms. The number of nitrogens with zero attached hydrogens (tertiary/aromatic N) is 2. The molecule has 0 saturated heterocycles. The lowest BCUT2D eigenvalue weighted by atomic mass is 9.96. The van der Waals surface area contributed by atoms with Crippen LogP contribution in [0.4, 0.5) is 4.39 Å². The third-order valence-electron chi connectivity index (χ3n) is 4.50. The number of benzene rings is 1. The summed E-state index contributed by atoms with van der Waals surface area (Å²) in [5.74, 6) is 0.676. The van der Waals surface area contributed by atoms with Crippen molar-refractivity contribution in [3.63, 3.8) is 0 Å². The van der Waals surface area contributed by atoms with Crippen LogP contribution < -0.4 is 10.6 Å². The van der Waals surface area contributed by atoms with E-state index in [0.29, 0.717) is 23.4 Å². The van der Waals surface area contributed by atoms with Crippen molar-refractivity contribution < 1.29 is 9.18 Å². The van der Waals surface area contributed by atoms with Crippen LogP contribution in [0.25, 0.3) is 0 Å².